The highest BCUT2D eigenvalue weighted by atomic mass is 35.5. The maximum Gasteiger partial charge on any atom is 0.0421 e. The molecule has 0 aromatic carbocycles. The zero-order valence-electron chi connectivity index (χ0n) is 10.7. The van der Waals surface area contributed by atoms with Crippen LogP contribution < -0.4 is 0 Å². The Bertz CT molecular complexity index is 161. The van der Waals surface area contributed by atoms with Crippen molar-refractivity contribution in [3.8, 4) is 0 Å². The van der Waals surface area contributed by atoms with E-state index in [4.69, 9.17) is 11.6 Å². The van der Waals surface area contributed by atoms with Crippen molar-refractivity contribution < 1.29 is 0 Å². The van der Waals surface area contributed by atoms with Crippen LogP contribution in [-0.4, -0.2) is 5.38 Å². The number of halogens is 1. The van der Waals surface area contributed by atoms with E-state index >= 15 is 0 Å². The smallest absolute Gasteiger partial charge is 0.0421 e. The van der Waals surface area contributed by atoms with E-state index in [0.717, 1.165) is 6.42 Å². The molecule has 0 spiro atoms. The molecule has 1 atom stereocenters. The Balaban J connectivity index is 3.47. The van der Waals surface area contributed by atoms with Crippen molar-refractivity contribution in [3.63, 3.8) is 0 Å². The van der Waals surface area contributed by atoms with Crippen molar-refractivity contribution in [2.75, 3.05) is 0 Å². The molecule has 0 fully saturated rings. The molecule has 0 aliphatic carbocycles. The number of unbranched alkanes of at least 4 members (excludes halogenated alkanes) is 5. The largest absolute Gasteiger partial charge is 0.122 e. The van der Waals surface area contributed by atoms with E-state index in [-0.39, 0.29) is 10.8 Å². The first-order valence-electron chi connectivity index (χ1n) is 6.32. The minimum Gasteiger partial charge on any atom is -0.122 e. The number of rotatable bonds is 9. The summed E-state index contributed by atoms with van der Waals surface area (Å²) in [6.07, 6.45) is 11.1. The van der Waals surface area contributed by atoms with E-state index in [1.54, 1.807) is 0 Å². The van der Waals surface area contributed by atoms with Crippen LogP contribution in [0.2, 0.25) is 0 Å². The molecule has 0 amide bonds. The first-order chi connectivity index (χ1) is 7.04. The fourth-order valence-corrected chi connectivity index (χ4v) is 1.85. The first kappa shape index (κ1) is 15.0. The second-order valence-electron chi connectivity index (χ2n) is 5.05. The summed E-state index contributed by atoms with van der Waals surface area (Å²) in [6.45, 7) is 10.4. The molecule has 0 rings (SSSR count). The Labute approximate surface area is 101 Å². The molecule has 0 N–H and O–H groups in total. The lowest BCUT2D eigenvalue weighted by atomic mass is 9.86. The number of alkyl halides is 1. The molecule has 0 saturated heterocycles. The van der Waals surface area contributed by atoms with Crippen LogP contribution in [0.4, 0.5) is 0 Å². The Morgan fingerprint density at radius 3 is 2.20 bits per heavy atom. The molecule has 0 aliphatic heterocycles. The lowest BCUT2D eigenvalue weighted by Gasteiger charge is -2.26. The van der Waals surface area contributed by atoms with Gasteiger partial charge in [0.25, 0.3) is 0 Å². The number of allylic oxidation sites excluding steroid dienone is 1. The molecular weight excluding hydrogens is 204 g/mol. The molecular formula is C14H27Cl. The molecule has 0 radical (unpaired) electrons. The Morgan fingerprint density at radius 1 is 1.13 bits per heavy atom. The molecule has 0 nitrogen and oxygen atoms in total. The summed E-state index contributed by atoms with van der Waals surface area (Å²) in [6, 6.07) is 0. The predicted molar refractivity (Wildman–Crippen MR) is 71.6 cm³/mol. The van der Waals surface area contributed by atoms with Crippen LogP contribution >= 0.6 is 11.6 Å². The van der Waals surface area contributed by atoms with Gasteiger partial charge in [-0.1, -0.05) is 65.4 Å². The molecule has 0 aromatic heterocycles. The monoisotopic (exact) mass is 230 g/mol. The Kier molecular flexibility index (Phi) is 8.23. The molecule has 90 valence electrons. The third-order valence-electron chi connectivity index (χ3n) is 3.14. The second-order valence-corrected chi connectivity index (χ2v) is 5.58. The summed E-state index contributed by atoms with van der Waals surface area (Å²) in [7, 11) is 0. The summed E-state index contributed by atoms with van der Waals surface area (Å²) in [5, 5.41) is 0.237. The zero-order chi connectivity index (χ0) is 11.7. The SMILES string of the molecule is C=CC(C)(C)C(Cl)CCCCCCCC. The summed E-state index contributed by atoms with van der Waals surface area (Å²) in [5.74, 6) is 0. The zero-order valence-corrected chi connectivity index (χ0v) is 11.4. The van der Waals surface area contributed by atoms with Gasteiger partial charge in [-0.3, -0.25) is 0 Å². The van der Waals surface area contributed by atoms with Crippen LogP contribution in [0, 0.1) is 5.41 Å². The van der Waals surface area contributed by atoms with E-state index in [2.05, 4.69) is 27.4 Å². The highest BCUT2D eigenvalue weighted by Crippen LogP contribution is 2.30. The Morgan fingerprint density at radius 2 is 1.67 bits per heavy atom. The second kappa shape index (κ2) is 8.21. The van der Waals surface area contributed by atoms with Crippen LogP contribution in [0.1, 0.15) is 65.7 Å². The van der Waals surface area contributed by atoms with Gasteiger partial charge in [-0.05, 0) is 11.8 Å². The highest BCUT2D eigenvalue weighted by molar-refractivity contribution is 6.21. The van der Waals surface area contributed by atoms with Crippen molar-refractivity contribution in [2.24, 2.45) is 5.41 Å². The standard InChI is InChI=1S/C14H27Cl/c1-5-7-8-9-10-11-12-13(15)14(3,4)6-2/h6,13H,2,5,7-12H2,1,3-4H3. The van der Waals surface area contributed by atoms with Gasteiger partial charge in [-0.25, -0.2) is 0 Å². The quantitative estimate of drug-likeness (QED) is 0.277. The summed E-state index contributed by atoms with van der Waals surface area (Å²) >= 11 is 6.34. The van der Waals surface area contributed by atoms with Crippen LogP contribution in [0.3, 0.4) is 0 Å². The van der Waals surface area contributed by atoms with E-state index in [1.165, 1.54) is 38.5 Å². The lowest BCUT2D eigenvalue weighted by molar-refractivity contribution is 0.417. The van der Waals surface area contributed by atoms with Gasteiger partial charge in [0.1, 0.15) is 0 Å². The van der Waals surface area contributed by atoms with Crippen molar-refractivity contribution in [1.29, 1.82) is 0 Å². The maximum atomic E-state index is 6.34. The van der Waals surface area contributed by atoms with Crippen LogP contribution in [0.25, 0.3) is 0 Å². The molecule has 1 unspecified atom stereocenters. The fourth-order valence-electron chi connectivity index (χ4n) is 1.60. The maximum absolute atomic E-state index is 6.34. The average molecular weight is 231 g/mol. The Hall–Kier alpha value is 0.0300. The topological polar surface area (TPSA) is 0 Å². The van der Waals surface area contributed by atoms with Gasteiger partial charge in [0.2, 0.25) is 0 Å². The van der Waals surface area contributed by atoms with Gasteiger partial charge in [-0.15, -0.1) is 18.2 Å². The third-order valence-corrected chi connectivity index (χ3v) is 3.93. The van der Waals surface area contributed by atoms with E-state index in [9.17, 15) is 0 Å². The highest BCUT2D eigenvalue weighted by Gasteiger charge is 2.23. The third kappa shape index (κ3) is 7.00. The first-order valence-corrected chi connectivity index (χ1v) is 6.76. The van der Waals surface area contributed by atoms with Crippen LogP contribution in [0.15, 0.2) is 12.7 Å². The average Bonchev–Trinajstić information content (AvgIpc) is 2.22. The molecule has 0 heterocycles. The van der Waals surface area contributed by atoms with Gasteiger partial charge in [0.15, 0.2) is 0 Å². The molecule has 0 bridgehead atoms. The predicted octanol–water partition coefficient (Wildman–Crippen LogP) is 5.56. The van der Waals surface area contributed by atoms with Crippen LogP contribution in [-0.2, 0) is 0 Å². The molecule has 0 aromatic rings. The minimum absolute atomic E-state index is 0.0744. The van der Waals surface area contributed by atoms with Gasteiger partial charge in [0.05, 0.1) is 0 Å². The van der Waals surface area contributed by atoms with E-state index in [0.29, 0.717) is 0 Å². The summed E-state index contributed by atoms with van der Waals surface area (Å²) in [5.41, 5.74) is 0.0744. The minimum atomic E-state index is 0.0744. The molecule has 0 aliphatic rings. The van der Waals surface area contributed by atoms with Crippen molar-refractivity contribution in [1.82, 2.24) is 0 Å². The fraction of sp³-hybridized carbons (Fsp3) is 0.857. The van der Waals surface area contributed by atoms with Crippen molar-refractivity contribution >= 4 is 11.6 Å². The van der Waals surface area contributed by atoms with Crippen molar-refractivity contribution in [2.45, 2.75) is 71.1 Å². The molecule has 15 heavy (non-hydrogen) atoms. The number of hydrogen-bond acceptors (Lipinski definition) is 0. The normalized spacial score (nSPS) is 13.9. The van der Waals surface area contributed by atoms with Gasteiger partial charge < -0.3 is 0 Å². The lowest BCUT2D eigenvalue weighted by Crippen LogP contribution is -2.21. The van der Waals surface area contributed by atoms with Crippen molar-refractivity contribution in [3.05, 3.63) is 12.7 Å². The summed E-state index contributed by atoms with van der Waals surface area (Å²) in [4.78, 5) is 0. The summed E-state index contributed by atoms with van der Waals surface area (Å²) < 4.78 is 0. The molecule has 0 saturated carbocycles. The van der Waals surface area contributed by atoms with E-state index < -0.39 is 0 Å². The van der Waals surface area contributed by atoms with Gasteiger partial charge >= 0.3 is 0 Å². The molecule has 1 heteroatoms. The number of hydrogen-bond donors (Lipinski definition) is 0. The van der Waals surface area contributed by atoms with Gasteiger partial charge in [-0.2, -0.15) is 0 Å². The van der Waals surface area contributed by atoms with E-state index in [1.807, 2.05) is 6.08 Å². The van der Waals surface area contributed by atoms with Gasteiger partial charge in [0, 0.05) is 5.38 Å². The van der Waals surface area contributed by atoms with Crippen LogP contribution in [0.5, 0.6) is 0 Å².